The number of aryl methyl sites for hydroxylation is 1. The minimum absolute atomic E-state index is 0.297. The zero-order chi connectivity index (χ0) is 16.9. The molecule has 0 radical (unpaired) electrons. The molecule has 0 atom stereocenters. The summed E-state index contributed by atoms with van der Waals surface area (Å²) in [7, 11) is 1.67. The predicted molar refractivity (Wildman–Crippen MR) is 92.0 cm³/mol. The first-order valence-electron chi connectivity index (χ1n) is 7.40. The molecule has 0 unspecified atom stereocenters. The van der Waals surface area contributed by atoms with Crippen molar-refractivity contribution in [2.75, 3.05) is 10.6 Å². The number of aromatic nitrogens is 2. The molecule has 0 aliphatic heterocycles. The highest BCUT2D eigenvalue weighted by molar-refractivity contribution is 6.11. The van der Waals surface area contributed by atoms with Crippen LogP contribution in [0.4, 0.5) is 11.5 Å². The first-order chi connectivity index (χ1) is 11.6. The molecular formula is C18H16N4O2. The average Bonchev–Trinajstić information content (AvgIpc) is 2.97. The number of carbonyl (C=O) groups excluding carboxylic acids is 2. The molecule has 24 heavy (non-hydrogen) atoms. The smallest absolute Gasteiger partial charge is 0.261 e. The molecule has 0 saturated heterocycles. The van der Waals surface area contributed by atoms with E-state index in [1.165, 1.54) is 10.9 Å². The first kappa shape index (κ1) is 15.5. The van der Waals surface area contributed by atoms with Crippen molar-refractivity contribution >= 4 is 23.3 Å². The number of nitrogens with one attached hydrogen (secondary N) is 2. The van der Waals surface area contributed by atoms with Gasteiger partial charge in [0.1, 0.15) is 11.4 Å². The Kier molecular flexibility index (Phi) is 4.38. The van der Waals surface area contributed by atoms with Gasteiger partial charge in [-0.25, -0.2) is 0 Å². The summed E-state index contributed by atoms with van der Waals surface area (Å²) in [5.74, 6) is -0.289. The molecule has 0 bridgehead atoms. The van der Waals surface area contributed by atoms with Crippen molar-refractivity contribution in [3.05, 3.63) is 78.0 Å². The largest absolute Gasteiger partial charge is 0.322 e. The molecule has 120 valence electrons. The lowest BCUT2D eigenvalue weighted by Gasteiger charge is -2.09. The van der Waals surface area contributed by atoms with Crippen molar-refractivity contribution in [2.45, 2.75) is 0 Å². The van der Waals surface area contributed by atoms with E-state index < -0.39 is 0 Å². The van der Waals surface area contributed by atoms with Gasteiger partial charge in [0.05, 0.1) is 6.20 Å². The molecule has 0 spiro atoms. The number of rotatable bonds is 4. The molecule has 0 fully saturated rings. The molecule has 0 aliphatic carbocycles. The summed E-state index contributed by atoms with van der Waals surface area (Å²) in [5.41, 5.74) is 1.48. The predicted octanol–water partition coefficient (Wildman–Crippen LogP) is 2.92. The lowest BCUT2D eigenvalue weighted by atomic mass is 10.2. The van der Waals surface area contributed by atoms with Crippen LogP contribution in [0.3, 0.4) is 0 Å². The van der Waals surface area contributed by atoms with Gasteiger partial charge in [-0.15, -0.1) is 0 Å². The highest BCUT2D eigenvalue weighted by atomic mass is 16.2. The topological polar surface area (TPSA) is 76.0 Å². The summed E-state index contributed by atoms with van der Waals surface area (Å²) in [4.78, 5) is 24.8. The number of hydrogen-bond donors (Lipinski definition) is 2. The fourth-order valence-corrected chi connectivity index (χ4v) is 2.24. The molecule has 2 amide bonds. The zero-order valence-corrected chi connectivity index (χ0v) is 13.1. The Bertz CT molecular complexity index is 857. The third kappa shape index (κ3) is 3.33. The van der Waals surface area contributed by atoms with Crippen LogP contribution in [-0.2, 0) is 7.05 Å². The normalized spacial score (nSPS) is 10.2. The monoisotopic (exact) mass is 320 g/mol. The Hall–Kier alpha value is -3.41. The fourth-order valence-electron chi connectivity index (χ4n) is 2.24. The molecule has 3 rings (SSSR count). The lowest BCUT2D eigenvalue weighted by molar-refractivity contribution is 0.102. The molecule has 3 aromatic rings. The van der Waals surface area contributed by atoms with E-state index in [2.05, 4.69) is 15.7 Å². The maximum absolute atomic E-state index is 12.5. The average molecular weight is 320 g/mol. The molecule has 0 saturated carbocycles. The second kappa shape index (κ2) is 6.78. The van der Waals surface area contributed by atoms with E-state index in [0.717, 1.165) is 0 Å². The van der Waals surface area contributed by atoms with Gasteiger partial charge in [0.2, 0.25) is 0 Å². The van der Waals surface area contributed by atoms with Gasteiger partial charge in [-0.05, 0) is 24.3 Å². The number of anilines is 2. The number of carbonyl (C=O) groups is 2. The summed E-state index contributed by atoms with van der Waals surface area (Å²) >= 11 is 0. The van der Waals surface area contributed by atoms with Gasteiger partial charge in [-0.2, -0.15) is 5.10 Å². The maximum atomic E-state index is 12.5. The quantitative estimate of drug-likeness (QED) is 0.776. The second-order valence-electron chi connectivity index (χ2n) is 5.17. The first-order valence-corrected chi connectivity index (χ1v) is 7.40. The minimum atomic E-state index is -0.335. The second-order valence-corrected chi connectivity index (χ2v) is 5.17. The summed E-state index contributed by atoms with van der Waals surface area (Å²) in [6.45, 7) is 0. The van der Waals surface area contributed by atoms with Gasteiger partial charge in [0.25, 0.3) is 11.8 Å². The van der Waals surface area contributed by atoms with Crippen molar-refractivity contribution in [3.63, 3.8) is 0 Å². The van der Waals surface area contributed by atoms with E-state index in [1.807, 2.05) is 24.3 Å². The van der Waals surface area contributed by atoms with Crippen LogP contribution in [0, 0.1) is 0 Å². The molecule has 0 aliphatic rings. The highest BCUT2D eigenvalue weighted by Gasteiger charge is 2.18. The van der Waals surface area contributed by atoms with E-state index in [9.17, 15) is 9.59 Å². The van der Waals surface area contributed by atoms with Crippen LogP contribution in [0.15, 0.2) is 66.9 Å². The number of amides is 2. The van der Waals surface area contributed by atoms with Crippen LogP contribution in [0.5, 0.6) is 0 Å². The van der Waals surface area contributed by atoms with Gasteiger partial charge in [0, 0.05) is 18.3 Å². The van der Waals surface area contributed by atoms with E-state index in [-0.39, 0.29) is 11.8 Å². The molecule has 6 heteroatoms. The van der Waals surface area contributed by atoms with Crippen molar-refractivity contribution in [3.8, 4) is 0 Å². The minimum Gasteiger partial charge on any atom is -0.322 e. The van der Waals surface area contributed by atoms with Crippen LogP contribution in [-0.4, -0.2) is 21.6 Å². The van der Waals surface area contributed by atoms with Crippen LogP contribution < -0.4 is 10.6 Å². The van der Waals surface area contributed by atoms with Crippen LogP contribution in [0.25, 0.3) is 0 Å². The molecule has 2 aromatic carbocycles. The summed E-state index contributed by atoms with van der Waals surface area (Å²) < 4.78 is 1.46. The van der Waals surface area contributed by atoms with Crippen LogP contribution >= 0.6 is 0 Å². The van der Waals surface area contributed by atoms with Crippen LogP contribution in [0.2, 0.25) is 0 Å². The summed E-state index contributed by atoms with van der Waals surface area (Å²) in [6.07, 6.45) is 1.43. The van der Waals surface area contributed by atoms with Crippen molar-refractivity contribution < 1.29 is 9.59 Å². The van der Waals surface area contributed by atoms with Crippen molar-refractivity contribution in [1.82, 2.24) is 9.78 Å². The molecule has 2 N–H and O–H groups in total. The SMILES string of the molecule is Cn1ncc(C(=O)Nc2ccccc2)c1NC(=O)c1ccccc1. The molecule has 6 nitrogen and oxygen atoms in total. The molecule has 1 heterocycles. The Balaban J connectivity index is 1.81. The zero-order valence-electron chi connectivity index (χ0n) is 13.1. The van der Waals surface area contributed by atoms with Gasteiger partial charge in [-0.3, -0.25) is 14.3 Å². The van der Waals surface area contributed by atoms with Gasteiger partial charge < -0.3 is 10.6 Å². The van der Waals surface area contributed by atoms with Gasteiger partial charge in [-0.1, -0.05) is 36.4 Å². The fraction of sp³-hybridized carbons (Fsp3) is 0.0556. The lowest BCUT2D eigenvalue weighted by Crippen LogP contribution is -2.19. The van der Waals surface area contributed by atoms with E-state index in [1.54, 1.807) is 43.4 Å². The van der Waals surface area contributed by atoms with Crippen molar-refractivity contribution in [1.29, 1.82) is 0 Å². The maximum Gasteiger partial charge on any atom is 0.261 e. The van der Waals surface area contributed by atoms with E-state index in [0.29, 0.717) is 22.6 Å². The third-order valence-corrected chi connectivity index (χ3v) is 3.48. The van der Waals surface area contributed by atoms with Gasteiger partial charge in [0.15, 0.2) is 0 Å². The summed E-state index contributed by atoms with van der Waals surface area (Å²) in [6, 6.07) is 17.9. The Morgan fingerprint density at radius 2 is 1.50 bits per heavy atom. The van der Waals surface area contributed by atoms with Gasteiger partial charge >= 0.3 is 0 Å². The number of hydrogen-bond acceptors (Lipinski definition) is 3. The highest BCUT2D eigenvalue weighted by Crippen LogP contribution is 2.17. The third-order valence-electron chi connectivity index (χ3n) is 3.48. The number of benzene rings is 2. The number of para-hydroxylation sites is 1. The Morgan fingerprint density at radius 3 is 2.17 bits per heavy atom. The Morgan fingerprint density at radius 1 is 0.875 bits per heavy atom. The van der Waals surface area contributed by atoms with E-state index in [4.69, 9.17) is 0 Å². The number of nitrogens with zero attached hydrogens (tertiary/aromatic N) is 2. The molecular weight excluding hydrogens is 304 g/mol. The molecule has 1 aromatic heterocycles. The van der Waals surface area contributed by atoms with Crippen LogP contribution in [0.1, 0.15) is 20.7 Å². The summed E-state index contributed by atoms with van der Waals surface area (Å²) in [5, 5.41) is 9.59. The van der Waals surface area contributed by atoms with E-state index >= 15 is 0 Å². The Labute approximate surface area is 139 Å². The van der Waals surface area contributed by atoms with Crippen molar-refractivity contribution in [2.24, 2.45) is 7.05 Å². The standard InChI is InChI=1S/C18H16N4O2/c1-22-16(21-17(23)13-8-4-2-5-9-13)15(12-19-22)18(24)20-14-10-6-3-7-11-14/h2-12H,1H3,(H,20,24)(H,21,23).